The molecule has 168 valence electrons. The van der Waals surface area contributed by atoms with E-state index in [0.29, 0.717) is 12.3 Å². The van der Waals surface area contributed by atoms with E-state index in [1.165, 1.54) is 12.1 Å². The van der Waals surface area contributed by atoms with Crippen LogP contribution in [0.15, 0.2) is 58.3 Å². The summed E-state index contributed by atoms with van der Waals surface area (Å²) in [4.78, 5) is 0.281. The van der Waals surface area contributed by atoms with Crippen molar-refractivity contribution in [1.29, 1.82) is 0 Å². The van der Waals surface area contributed by atoms with Crippen molar-refractivity contribution in [1.82, 2.24) is 0 Å². The van der Waals surface area contributed by atoms with Crippen LogP contribution in [0.3, 0.4) is 0 Å². The van der Waals surface area contributed by atoms with Crippen LogP contribution >= 0.6 is 0 Å². The van der Waals surface area contributed by atoms with E-state index in [0.717, 1.165) is 30.4 Å². The lowest BCUT2D eigenvalue weighted by atomic mass is 9.63. The Labute approximate surface area is 184 Å². The zero-order valence-corrected chi connectivity index (χ0v) is 19.4. The number of hydrogen-bond acceptors (Lipinski definition) is 6. The molecule has 0 N–H and O–H groups in total. The maximum atomic E-state index is 12.8. The molecular weight excluding hydrogens is 436 g/mol. The maximum Gasteiger partial charge on any atom is 0.297 e. The van der Waals surface area contributed by atoms with Crippen LogP contribution in [0.25, 0.3) is 0 Å². The van der Waals surface area contributed by atoms with Crippen LogP contribution in [-0.4, -0.2) is 29.5 Å². The van der Waals surface area contributed by atoms with E-state index in [1.807, 2.05) is 13.8 Å². The maximum absolute atomic E-state index is 12.8. The molecule has 0 unspecified atom stereocenters. The minimum Gasteiger partial charge on any atom is -0.266 e. The Morgan fingerprint density at radius 3 is 1.87 bits per heavy atom. The van der Waals surface area contributed by atoms with Gasteiger partial charge in [0.1, 0.15) is 0 Å². The van der Waals surface area contributed by atoms with Crippen molar-refractivity contribution in [3.05, 3.63) is 59.7 Å². The van der Waals surface area contributed by atoms with E-state index in [4.69, 9.17) is 8.37 Å². The molecule has 8 heteroatoms. The summed E-state index contributed by atoms with van der Waals surface area (Å²) in [6.45, 7) is 3.83. The van der Waals surface area contributed by atoms with Gasteiger partial charge in [0.25, 0.3) is 20.2 Å². The molecule has 4 atom stereocenters. The summed E-state index contributed by atoms with van der Waals surface area (Å²) in [5.74, 6) is 0.225. The van der Waals surface area contributed by atoms with Gasteiger partial charge in [0.15, 0.2) is 0 Å². The summed E-state index contributed by atoms with van der Waals surface area (Å²) < 4.78 is 61.7. The standard InChI is InChI=1S/C23H28O6S2/c1-16-3-8-20(9-4-16)30(24,25)28-15-19-13-18-7-12-22(19)23(14-18)29-31(26,27)21-10-5-17(2)6-11-21/h3-6,8-11,18-19,22-23H,7,12-15H2,1-2H3/t18-,19+,22-,23-/m1/s1. The summed E-state index contributed by atoms with van der Waals surface area (Å²) in [6, 6.07) is 13.2. The van der Waals surface area contributed by atoms with Gasteiger partial charge in [-0.3, -0.25) is 8.37 Å². The molecule has 3 aliphatic rings. The van der Waals surface area contributed by atoms with Gasteiger partial charge in [0.05, 0.1) is 22.5 Å². The lowest BCUT2D eigenvalue weighted by Gasteiger charge is -2.46. The fourth-order valence-electron chi connectivity index (χ4n) is 4.77. The lowest BCUT2D eigenvalue weighted by Crippen LogP contribution is -2.45. The van der Waals surface area contributed by atoms with E-state index in [1.54, 1.807) is 36.4 Å². The van der Waals surface area contributed by atoms with Crippen LogP contribution in [0.1, 0.15) is 36.8 Å². The van der Waals surface area contributed by atoms with Crippen LogP contribution in [0.5, 0.6) is 0 Å². The topological polar surface area (TPSA) is 86.7 Å². The normalized spacial score (nSPS) is 26.1. The van der Waals surface area contributed by atoms with Crippen LogP contribution in [0, 0.1) is 31.6 Å². The second-order valence-corrected chi connectivity index (χ2v) is 12.0. The average Bonchev–Trinajstić information content (AvgIpc) is 2.73. The summed E-state index contributed by atoms with van der Waals surface area (Å²) in [6.07, 6.45) is 2.89. The van der Waals surface area contributed by atoms with E-state index in [2.05, 4.69) is 0 Å². The molecule has 0 aromatic heterocycles. The number of rotatable bonds is 7. The van der Waals surface area contributed by atoms with Crippen molar-refractivity contribution in [2.24, 2.45) is 17.8 Å². The summed E-state index contributed by atoms with van der Waals surface area (Å²) in [5, 5.41) is 0. The molecule has 2 bridgehead atoms. The van der Waals surface area contributed by atoms with Gasteiger partial charge in [0.2, 0.25) is 0 Å². The molecule has 3 fully saturated rings. The Balaban J connectivity index is 1.45. The van der Waals surface area contributed by atoms with Gasteiger partial charge >= 0.3 is 0 Å². The average molecular weight is 465 g/mol. The highest BCUT2D eigenvalue weighted by atomic mass is 32.2. The zero-order chi connectivity index (χ0) is 22.2. The Morgan fingerprint density at radius 2 is 1.32 bits per heavy atom. The first-order valence-electron chi connectivity index (χ1n) is 10.6. The number of fused-ring (bicyclic) bond motifs is 3. The van der Waals surface area contributed by atoms with Crippen molar-refractivity contribution in [2.45, 2.75) is 55.4 Å². The number of benzene rings is 2. The first-order chi connectivity index (χ1) is 14.6. The molecule has 0 spiro atoms. The van der Waals surface area contributed by atoms with Crippen LogP contribution < -0.4 is 0 Å². The van der Waals surface area contributed by atoms with Gasteiger partial charge in [-0.15, -0.1) is 0 Å². The Kier molecular flexibility index (Phi) is 6.27. The third kappa shape index (κ3) is 5.03. The second kappa shape index (κ2) is 8.65. The third-order valence-electron chi connectivity index (χ3n) is 6.50. The van der Waals surface area contributed by atoms with Crippen LogP contribution in [0.2, 0.25) is 0 Å². The Morgan fingerprint density at radius 1 is 0.774 bits per heavy atom. The quantitative estimate of drug-likeness (QED) is 0.570. The minimum atomic E-state index is -3.87. The molecule has 6 nitrogen and oxygen atoms in total. The number of hydrogen-bond donors (Lipinski definition) is 0. The largest absolute Gasteiger partial charge is 0.297 e. The Hall–Kier alpha value is -1.74. The van der Waals surface area contributed by atoms with Crippen molar-refractivity contribution < 1.29 is 25.2 Å². The van der Waals surface area contributed by atoms with E-state index in [9.17, 15) is 16.8 Å². The highest BCUT2D eigenvalue weighted by Crippen LogP contribution is 2.47. The molecule has 3 saturated carbocycles. The Bertz CT molecular complexity index is 1120. The summed E-state index contributed by atoms with van der Waals surface area (Å²) in [5.41, 5.74) is 1.95. The smallest absolute Gasteiger partial charge is 0.266 e. The van der Waals surface area contributed by atoms with Gasteiger partial charge in [-0.05, 0) is 81.5 Å². The minimum absolute atomic E-state index is 0.0431. The molecule has 2 aromatic carbocycles. The molecule has 5 rings (SSSR count). The third-order valence-corrected chi connectivity index (χ3v) is 9.15. The van der Waals surface area contributed by atoms with Gasteiger partial charge in [0, 0.05) is 0 Å². The fourth-order valence-corrected chi connectivity index (χ4v) is 6.85. The number of aryl methyl sites for hydroxylation is 2. The fraction of sp³-hybridized carbons (Fsp3) is 0.478. The molecule has 2 aromatic rings. The van der Waals surface area contributed by atoms with E-state index >= 15 is 0 Å². The summed E-state index contributed by atoms with van der Waals surface area (Å²) >= 11 is 0. The van der Waals surface area contributed by atoms with Gasteiger partial charge in [-0.1, -0.05) is 35.4 Å². The highest BCUT2D eigenvalue weighted by molar-refractivity contribution is 7.87. The predicted octanol–water partition coefficient (Wildman–Crippen LogP) is 4.22. The van der Waals surface area contributed by atoms with Crippen LogP contribution in [0.4, 0.5) is 0 Å². The molecule has 0 radical (unpaired) electrons. The SMILES string of the molecule is Cc1ccc(S(=O)(=O)OC[C@@H]2C[C@H]3CC[C@H]2[C@H](OS(=O)(=O)c2ccc(C)cc2)C3)cc1. The predicted molar refractivity (Wildman–Crippen MR) is 116 cm³/mol. The molecule has 0 heterocycles. The van der Waals surface area contributed by atoms with Crippen molar-refractivity contribution >= 4 is 20.2 Å². The van der Waals surface area contributed by atoms with Crippen molar-refractivity contribution in [2.75, 3.05) is 6.61 Å². The van der Waals surface area contributed by atoms with Gasteiger partial charge < -0.3 is 0 Å². The molecular formula is C23H28O6S2. The van der Waals surface area contributed by atoms with E-state index < -0.39 is 26.3 Å². The van der Waals surface area contributed by atoms with Crippen molar-refractivity contribution in [3.8, 4) is 0 Å². The van der Waals surface area contributed by atoms with E-state index in [-0.39, 0.29) is 28.2 Å². The molecule has 0 aliphatic heterocycles. The molecule has 0 saturated heterocycles. The van der Waals surface area contributed by atoms with Crippen molar-refractivity contribution in [3.63, 3.8) is 0 Å². The van der Waals surface area contributed by atoms with Gasteiger partial charge in [-0.2, -0.15) is 16.8 Å². The molecule has 3 aliphatic carbocycles. The van der Waals surface area contributed by atoms with Gasteiger partial charge in [-0.25, -0.2) is 0 Å². The first kappa shape index (κ1) is 22.5. The second-order valence-electron chi connectivity index (χ2n) is 8.79. The summed E-state index contributed by atoms with van der Waals surface area (Å²) in [7, 11) is -7.72. The monoisotopic (exact) mass is 464 g/mol. The highest BCUT2D eigenvalue weighted by Gasteiger charge is 2.45. The first-order valence-corrected chi connectivity index (χ1v) is 13.4. The molecule has 0 amide bonds. The molecule has 31 heavy (non-hydrogen) atoms. The zero-order valence-electron chi connectivity index (χ0n) is 17.7. The lowest BCUT2D eigenvalue weighted by molar-refractivity contribution is -0.0321. The van der Waals surface area contributed by atoms with Crippen LogP contribution in [-0.2, 0) is 28.6 Å².